The van der Waals surface area contributed by atoms with Crippen molar-refractivity contribution in [1.82, 2.24) is 4.57 Å². The Hall–Kier alpha value is -1.08. The summed E-state index contributed by atoms with van der Waals surface area (Å²) in [6.45, 7) is 0.849. The van der Waals surface area contributed by atoms with E-state index >= 15 is 0 Å². The van der Waals surface area contributed by atoms with E-state index in [2.05, 4.69) is 27.9 Å². The number of thiazole rings is 1. The highest BCUT2D eigenvalue weighted by Gasteiger charge is 2.09. The number of thioether (sulfide) groups is 1. The predicted molar refractivity (Wildman–Crippen MR) is 102 cm³/mol. The molecule has 0 saturated heterocycles. The Labute approximate surface area is 151 Å². The lowest BCUT2D eigenvalue weighted by Crippen LogP contribution is -2.18. The largest absolute Gasteiger partial charge is 0.316 e. The lowest BCUT2D eigenvalue weighted by atomic mass is 10.3. The van der Waals surface area contributed by atoms with Crippen LogP contribution in [0.25, 0.3) is 10.2 Å². The minimum Gasteiger partial charge on any atom is -0.316 e. The maximum Gasteiger partial charge on any atom is 0.253 e. The maximum atomic E-state index is 12.3. The van der Waals surface area contributed by atoms with Gasteiger partial charge < -0.3 is 4.57 Å². The Kier molecular flexibility index (Phi) is 5.58. The molecule has 0 atom stereocenters. The van der Waals surface area contributed by atoms with Crippen molar-refractivity contribution in [3.8, 4) is 0 Å². The third-order valence-corrected chi connectivity index (χ3v) is 6.16. The molecule has 0 saturated carbocycles. The topological polar surface area (TPSA) is 34.4 Å². The first-order valence-corrected chi connectivity index (χ1v) is 10.5. The summed E-state index contributed by atoms with van der Waals surface area (Å²) in [6.07, 6.45) is 2.38. The third-order valence-electron chi connectivity index (χ3n) is 3.28. The number of amides is 1. The van der Waals surface area contributed by atoms with E-state index in [-0.39, 0.29) is 5.91 Å². The minimum absolute atomic E-state index is 0.132. The molecule has 2 aromatic heterocycles. The molecule has 0 aliphatic carbocycles. The summed E-state index contributed by atoms with van der Waals surface area (Å²) in [4.78, 5) is 18.3. The van der Waals surface area contributed by atoms with E-state index in [1.807, 2.05) is 24.3 Å². The summed E-state index contributed by atoms with van der Waals surface area (Å²) in [5.41, 5.74) is 1.14. The number of carbonyl (C=O) groups excluding carboxylic acids is 1. The maximum absolute atomic E-state index is 12.3. The standard InChI is InChI=1S/C16H15ClN2OS3/c1-21-9-8-19-12-4-2-3-5-13(12)23-16(19)18-15(20)10-11-6-7-14(17)22-11/h2-7H,8-10H2,1H3. The van der Waals surface area contributed by atoms with Crippen LogP contribution in [-0.4, -0.2) is 22.5 Å². The number of halogens is 1. The Morgan fingerprint density at radius 3 is 2.83 bits per heavy atom. The molecular weight excluding hydrogens is 368 g/mol. The number of nitrogens with zero attached hydrogens (tertiary/aromatic N) is 2. The van der Waals surface area contributed by atoms with Crippen LogP contribution < -0.4 is 4.80 Å². The molecule has 7 heteroatoms. The summed E-state index contributed by atoms with van der Waals surface area (Å²) in [5, 5.41) is 0. The molecule has 0 aliphatic heterocycles. The molecule has 0 radical (unpaired) electrons. The zero-order valence-electron chi connectivity index (χ0n) is 12.5. The average molecular weight is 383 g/mol. The molecule has 3 nitrogen and oxygen atoms in total. The number of aromatic nitrogens is 1. The van der Waals surface area contributed by atoms with Gasteiger partial charge in [0.2, 0.25) is 0 Å². The Bertz CT molecular complexity index is 894. The van der Waals surface area contributed by atoms with Crippen LogP contribution in [0.15, 0.2) is 41.4 Å². The van der Waals surface area contributed by atoms with Crippen molar-refractivity contribution in [2.45, 2.75) is 13.0 Å². The summed E-state index contributed by atoms with van der Waals surface area (Å²) in [6, 6.07) is 11.9. The van der Waals surface area contributed by atoms with Crippen LogP contribution in [0.2, 0.25) is 4.34 Å². The van der Waals surface area contributed by atoms with E-state index in [9.17, 15) is 4.79 Å². The molecule has 2 heterocycles. The number of hydrogen-bond acceptors (Lipinski definition) is 4. The lowest BCUT2D eigenvalue weighted by Gasteiger charge is -2.03. The fourth-order valence-electron chi connectivity index (χ4n) is 2.25. The van der Waals surface area contributed by atoms with Crippen molar-refractivity contribution in [3.05, 3.63) is 50.4 Å². The quantitative estimate of drug-likeness (QED) is 0.653. The van der Waals surface area contributed by atoms with E-state index in [1.54, 1.807) is 23.1 Å². The van der Waals surface area contributed by atoms with Gasteiger partial charge in [0.05, 0.1) is 21.0 Å². The summed E-state index contributed by atoms with van der Waals surface area (Å²) in [7, 11) is 0. The van der Waals surface area contributed by atoms with Gasteiger partial charge in [-0.15, -0.1) is 11.3 Å². The molecule has 3 aromatic rings. The number of benzene rings is 1. The average Bonchev–Trinajstić information content (AvgIpc) is 3.08. The first-order chi connectivity index (χ1) is 11.2. The number of carbonyl (C=O) groups is 1. The van der Waals surface area contributed by atoms with Crippen LogP contribution >= 0.6 is 46.0 Å². The van der Waals surface area contributed by atoms with Gasteiger partial charge in [-0.05, 0) is 30.5 Å². The van der Waals surface area contributed by atoms with E-state index in [0.29, 0.717) is 10.8 Å². The minimum atomic E-state index is -0.132. The smallest absolute Gasteiger partial charge is 0.253 e. The van der Waals surface area contributed by atoms with Gasteiger partial charge in [-0.2, -0.15) is 16.8 Å². The molecule has 3 rings (SSSR count). The first kappa shape index (κ1) is 16.8. The number of aryl methyl sites for hydroxylation is 1. The Balaban J connectivity index is 1.95. The molecule has 0 bridgehead atoms. The van der Waals surface area contributed by atoms with E-state index in [1.165, 1.54) is 11.3 Å². The van der Waals surface area contributed by atoms with Gasteiger partial charge >= 0.3 is 0 Å². The summed E-state index contributed by atoms with van der Waals surface area (Å²) >= 11 is 10.7. The summed E-state index contributed by atoms with van der Waals surface area (Å²) in [5.74, 6) is 0.857. The molecule has 1 amide bonds. The highest BCUT2D eigenvalue weighted by atomic mass is 35.5. The first-order valence-electron chi connectivity index (χ1n) is 7.06. The normalized spacial score (nSPS) is 12.2. The molecule has 0 N–H and O–H groups in total. The number of hydrogen-bond donors (Lipinski definition) is 0. The SMILES string of the molecule is CSCCn1c(=NC(=O)Cc2ccc(Cl)s2)sc2ccccc21. The van der Waals surface area contributed by atoms with Crippen molar-refractivity contribution in [2.75, 3.05) is 12.0 Å². The predicted octanol–water partition coefficient (Wildman–Crippen LogP) is 4.45. The number of thiophene rings is 1. The van der Waals surface area contributed by atoms with Crippen LogP contribution in [0.3, 0.4) is 0 Å². The van der Waals surface area contributed by atoms with Gasteiger partial charge in [0.25, 0.3) is 5.91 Å². The van der Waals surface area contributed by atoms with Gasteiger partial charge in [0.1, 0.15) is 0 Å². The number of para-hydroxylation sites is 1. The molecular formula is C16H15ClN2OS3. The second-order valence-corrected chi connectivity index (χ2v) is 8.68. The Morgan fingerprint density at radius 1 is 1.26 bits per heavy atom. The molecule has 1 aromatic carbocycles. The van der Waals surface area contributed by atoms with E-state index in [0.717, 1.165) is 32.2 Å². The lowest BCUT2D eigenvalue weighted by molar-refractivity contribution is -0.117. The fourth-order valence-corrected chi connectivity index (χ4v) is 4.76. The van der Waals surface area contributed by atoms with Crippen LogP contribution in [0.4, 0.5) is 0 Å². The van der Waals surface area contributed by atoms with Crippen LogP contribution in [-0.2, 0) is 17.8 Å². The number of fused-ring (bicyclic) bond motifs is 1. The second-order valence-electron chi connectivity index (χ2n) is 4.88. The number of rotatable bonds is 5. The zero-order chi connectivity index (χ0) is 16.2. The molecule has 0 aliphatic rings. The molecule has 0 spiro atoms. The fraction of sp³-hybridized carbons (Fsp3) is 0.250. The van der Waals surface area contributed by atoms with Crippen molar-refractivity contribution in [2.24, 2.45) is 4.99 Å². The van der Waals surface area contributed by atoms with Crippen molar-refractivity contribution >= 4 is 62.2 Å². The van der Waals surface area contributed by atoms with Crippen LogP contribution in [0, 0.1) is 0 Å². The zero-order valence-corrected chi connectivity index (χ0v) is 15.7. The van der Waals surface area contributed by atoms with E-state index < -0.39 is 0 Å². The second kappa shape index (κ2) is 7.66. The molecule has 120 valence electrons. The summed E-state index contributed by atoms with van der Waals surface area (Å²) < 4.78 is 3.99. The highest BCUT2D eigenvalue weighted by Crippen LogP contribution is 2.22. The van der Waals surface area contributed by atoms with E-state index in [4.69, 9.17) is 11.6 Å². The molecule has 23 heavy (non-hydrogen) atoms. The van der Waals surface area contributed by atoms with Gasteiger partial charge in [-0.25, -0.2) is 0 Å². The van der Waals surface area contributed by atoms with Gasteiger partial charge in [-0.1, -0.05) is 35.1 Å². The van der Waals surface area contributed by atoms with Crippen molar-refractivity contribution in [1.29, 1.82) is 0 Å². The monoisotopic (exact) mass is 382 g/mol. The van der Waals surface area contributed by atoms with Crippen LogP contribution in [0.5, 0.6) is 0 Å². The van der Waals surface area contributed by atoms with Gasteiger partial charge in [-0.3, -0.25) is 4.79 Å². The van der Waals surface area contributed by atoms with Crippen LogP contribution in [0.1, 0.15) is 4.88 Å². The molecule has 0 fully saturated rings. The molecule has 0 unspecified atom stereocenters. The Morgan fingerprint density at radius 2 is 2.09 bits per heavy atom. The van der Waals surface area contributed by atoms with Crippen molar-refractivity contribution in [3.63, 3.8) is 0 Å². The van der Waals surface area contributed by atoms with Gasteiger partial charge in [0.15, 0.2) is 4.80 Å². The third kappa shape index (κ3) is 4.07. The van der Waals surface area contributed by atoms with Crippen molar-refractivity contribution < 1.29 is 4.79 Å². The van der Waals surface area contributed by atoms with Gasteiger partial charge in [0, 0.05) is 17.2 Å². The highest BCUT2D eigenvalue weighted by molar-refractivity contribution is 7.98.